The number of hydrogen-bond donors (Lipinski definition) is 1. The molecule has 1 fully saturated rings. The maximum Gasteiger partial charge on any atom is 0.344 e. The highest BCUT2D eigenvalue weighted by Gasteiger charge is 2.30. The highest BCUT2D eigenvalue weighted by molar-refractivity contribution is 7.91. The number of sulfone groups is 1. The highest BCUT2D eigenvalue weighted by atomic mass is 32.2. The molecule has 2 rings (SSSR count). The summed E-state index contributed by atoms with van der Waals surface area (Å²) in [4.78, 5) is 24.0. The fourth-order valence-electron chi connectivity index (χ4n) is 2.78. The number of nitrogens with one attached hydrogen (secondary N) is 1. The van der Waals surface area contributed by atoms with Gasteiger partial charge in [-0.3, -0.25) is 4.79 Å². The van der Waals surface area contributed by atoms with Crippen LogP contribution in [0.5, 0.6) is 5.75 Å². The molecule has 1 aromatic carbocycles. The molecular formula is C19H27NO6S. The molecule has 0 aromatic heterocycles. The Morgan fingerprint density at radius 1 is 1.26 bits per heavy atom. The number of esters is 1. The predicted molar refractivity (Wildman–Crippen MR) is 102 cm³/mol. The molecule has 7 nitrogen and oxygen atoms in total. The van der Waals surface area contributed by atoms with Crippen molar-refractivity contribution in [3.63, 3.8) is 0 Å². The maximum absolute atomic E-state index is 12.1. The van der Waals surface area contributed by atoms with Crippen molar-refractivity contribution in [1.82, 2.24) is 5.32 Å². The molecule has 0 bridgehead atoms. The van der Waals surface area contributed by atoms with Gasteiger partial charge in [0.1, 0.15) is 5.75 Å². The third kappa shape index (κ3) is 6.23. The molecule has 1 heterocycles. The Bertz CT molecular complexity index is 802. The molecule has 0 spiro atoms. The van der Waals surface area contributed by atoms with E-state index in [0.717, 1.165) is 11.1 Å². The van der Waals surface area contributed by atoms with Gasteiger partial charge in [-0.05, 0) is 43.4 Å². The standard InChI is InChI=1S/C19H27NO6S/c1-12(2)15-6-5-13(3)17(9-15)25-10-18(21)26-14(4)19(22)20-16-7-8-27(23,24)11-16/h5-6,9,12,14,16H,7-8,10-11H2,1-4H3,(H,20,22)/t14-,16-/m1/s1. The minimum Gasteiger partial charge on any atom is -0.482 e. The van der Waals surface area contributed by atoms with Crippen LogP contribution in [0.25, 0.3) is 0 Å². The average Bonchev–Trinajstić information content (AvgIpc) is 2.92. The quantitative estimate of drug-likeness (QED) is 0.704. The molecule has 0 unspecified atom stereocenters. The summed E-state index contributed by atoms with van der Waals surface area (Å²) < 4.78 is 33.5. The zero-order valence-corrected chi connectivity index (χ0v) is 17.0. The van der Waals surface area contributed by atoms with Gasteiger partial charge in [0.2, 0.25) is 0 Å². The third-order valence-corrected chi connectivity index (χ3v) is 6.25. The van der Waals surface area contributed by atoms with E-state index in [0.29, 0.717) is 18.1 Å². The van der Waals surface area contributed by atoms with E-state index in [9.17, 15) is 18.0 Å². The van der Waals surface area contributed by atoms with Crippen LogP contribution in [0.1, 0.15) is 44.2 Å². The summed E-state index contributed by atoms with van der Waals surface area (Å²) in [5, 5.41) is 2.61. The van der Waals surface area contributed by atoms with Crippen molar-refractivity contribution in [3.05, 3.63) is 29.3 Å². The van der Waals surface area contributed by atoms with Crippen molar-refractivity contribution >= 4 is 21.7 Å². The van der Waals surface area contributed by atoms with Crippen molar-refractivity contribution in [2.24, 2.45) is 0 Å². The number of benzene rings is 1. The number of aryl methyl sites for hydroxylation is 1. The molecule has 150 valence electrons. The van der Waals surface area contributed by atoms with Crippen LogP contribution in [0.2, 0.25) is 0 Å². The zero-order valence-electron chi connectivity index (χ0n) is 16.2. The average molecular weight is 397 g/mol. The molecule has 0 saturated carbocycles. The number of amides is 1. The van der Waals surface area contributed by atoms with Crippen molar-refractivity contribution in [2.45, 2.75) is 52.2 Å². The first kappa shape index (κ1) is 21.2. The lowest BCUT2D eigenvalue weighted by Crippen LogP contribution is -2.43. The van der Waals surface area contributed by atoms with Crippen LogP contribution in [0.3, 0.4) is 0 Å². The van der Waals surface area contributed by atoms with E-state index in [1.807, 2.05) is 25.1 Å². The fraction of sp³-hybridized carbons (Fsp3) is 0.579. The summed E-state index contributed by atoms with van der Waals surface area (Å²) in [5.74, 6) is -0.244. The van der Waals surface area contributed by atoms with Crippen LogP contribution in [0.4, 0.5) is 0 Å². The first-order valence-corrected chi connectivity index (χ1v) is 10.8. The molecule has 1 aliphatic rings. The van der Waals surface area contributed by atoms with Crippen LogP contribution >= 0.6 is 0 Å². The van der Waals surface area contributed by atoms with Crippen molar-refractivity contribution < 1.29 is 27.5 Å². The summed E-state index contributed by atoms with van der Waals surface area (Å²) in [5.41, 5.74) is 2.00. The predicted octanol–water partition coefficient (Wildman–Crippen LogP) is 1.73. The number of ether oxygens (including phenoxy) is 2. The van der Waals surface area contributed by atoms with Crippen molar-refractivity contribution in [3.8, 4) is 5.75 Å². The van der Waals surface area contributed by atoms with Gasteiger partial charge in [0, 0.05) is 6.04 Å². The lowest BCUT2D eigenvalue weighted by molar-refractivity contribution is -0.156. The van der Waals surface area contributed by atoms with Gasteiger partial charge in [-0.2, -0.15) is 0 Å². The van der Waals surface area contributed by atoms with Crippen LogP contribution in [0, 0.1) is 6.92 Å². The van der Waals surface area contributed by atoms with Gasteiger partial charge in [0.25, 0.3) is 5.91 Å². The molecule has 1 saturated heterocycles. The van der Waals surface area contributed by atoms with E-state index in [2.05, 4.69) is 19.2 Å². The first-order valence-electron chi connectivity index (χ1n) is 9.01. The molecule has 0 radical (unpaired) electrons. The molecule has 0 aliphatic carbocycles. The molecule has 1 N–H and O–H groups in total. The van der Waals surface area contributed by atoms with E-state index >= 15 is 0 Å². The highest BCUT2D eigenvalue weighted by Crippen LogP contribution is 2.24. The topological polar surface area (TPSA) is 98.8 Å². The summed E-state index contributed by atoms with van der Waals surface area (Å²) >= 11 is 0. The van der Waals surface area contributed by atoms with Gasteiger partial charge in [0.05, 0.1) is 11.5 Å². The summed E-state index contributed by atoms with van der Waals surface area (Å²) in [6.07, 6.45) is -0.643. The van der Waals surface area contributed by atoms with Gasteiger partial charge in [0.15, 0.2) is 22.5 Å². The van der Waals surface area contributed by atoms with E-state index in [4.69, 9.17) is 9.47 Å². The van der Waals surface area contributed by atoms with Crippen LogP contribution in [-0.2, 0) is 24.2 Å². The smallest absolute Gasteiger partial charge is 0.344 e. The minimum absolute atomic E-state index is 0.0642. The molecule has 2 atom stereocenters. The van der Waals surface area contributed by atoms with Gasteiger partial charge < -0.3 is 14.8 Å². The lowest BCUT2D eigenvalue weighted by Gasteiger charge is -2.17. The lowest BCUT2D eigenvalue weighted by atomic mass is 10.0. The monoisotopic (exact) mass is 397 g/mol. The largest absolute Gasteiger partial charge is 0.482 e. The fourth-order valence-corrected chi connectivity index (χ4v) is 4.45. The molecule has 27 heavy (non-hydrogen) atoms. The van der Waals surface area contributed by atoms with Crippen LogP contribution < -0.4 is 10.1 Å². The van der Waals surface area contributed by atoms with Crippen molar-refractivity contribution in [1.29, 1.82) is 0 Å². The minimum atomic E-state index is -3.09. The van der Waals surface area contributed by atoms with Gasteiger partial charge in [-0.1, -0.05) is 26.0 Å². The van der Waals surface area contributed by atoms with E-state index in [1.165, 1.54) is 6.92 Å². The Balaban J connectivity index is 1.83. The van der Waals surface area contributed by atoms with Crippen LogP contribution in [-0.4, -0.2) is 50.6 Å². The number of carbonyl (C=O) groups excluding carboxylic acids is 2. The molecule has 8 heteroatoms. The first-order chi connectivity index (χ1) is 12.6. The van der Waals surface area contributed by atoms with Gasteiger partial charge in [-0.25, -0.2) is 13.2 Å². The van der Waals surface area contributed by atoms with E-state index < -0.39 is 33.9 Å². The molecule has 1 aromatic rings. The normalized spacial score (nSPS) is 19.5. The Morgan fingerprint density at radius 3 is 2.56 bits per heavy atom. The molecule has 1 aliphatic heterocycles. The Hall–Kier alpha value is -2.09. The Morgan fingerprint density at radius 2 is 1.96 bits per heavy atom. The Kier molecular flexibility index (Phi) is 6.86. The zero-order chi connectivity index (χ0) is 20.2. The second kappa shape index (κ2) is 8.73. The number of rotatable bonds is 7. The van der Waals surface area contributed by atoms with Crippen molar-refractivity contribution in [2.75, 3.05) is 18.1 Å². The summed E-state index contributed by atoms with van der Waals surface area (Å²) in [7, 11) is -3.09. The second-order valence-electron chi connectivity index (χ2n) is 7.21. The second-order valence-corrected chi connectivity index (χ2v) is 9.44. The Labute approximate surface area is 160 Å². The molecule has 1 amide bonds. The van der Waals surface area contributed by atoms with Gasteiger partial charge in [-0.15, -0.1) is 0 Å². The number of hydrogen-bond acceptors (Lipinski definition) is 6. The SMILES string of the molecule is Cc1ccc(C(C)C)cc1OCC(=O)O[C@H](C)C(=O)N[C@@H]1CCS(=O)(=O)C1. The maximum atomic E-state index is 12.1. The third-order valence-electron chi connectivity index (χ3n) is 4.48. The summed E-state index contributed by atoms with van der Waals surface area (Å²) in [6, 6.07) is 5.41. The van der Waals surface area contributed by atoms with Crippen LogP contribution in [0.15, 0.2) is 18.2 Å². The molecular weight excluding hydrogens is 370 g/mol. The number of carbonyl (C=O) groups is 2. The van der Waals surface area contributed by atoms with Gasteiger partial charge >= 0.3 is 5.97 Å². The van der Waals surface area contributed by atoms with E-state index in [-0.39, 0.29) is 18.1 Å². The van der Waals surface area contributed by atoms with E-state index in [1.54, 1.807) is 0 Å². The summed E-state index contributed by atoms with van der Waals surface area (Å²) in [6.45, 7) is 7.16.